The SMILES string of the molecule is C=CC(=O)N1CC2(CCN(c3nc(OC4CCN(CCOC)CC4)nc4c(OCC(F)(F)F)c(-c5cc(O)ccc5F)c(C5CC5)cc34)CC2)C1. The number of hydrogen-bond acceptors (Lipinski definition) is 9. The van der Waals surface area contributed by atoms with Gasteiger partial charge in [-0.25, -0.2) is 4.39 Å². The van der Waals surface area contributed by atoms with Gasteiger partial charge in [0.25, 0.3) is 0 Å². The molecule has 3 saturated heterocycles. The number of fused-ring (bicyclic) bond motifs is 1. The highest BCUT2D eigenvalue weighted by molar-refractivity contribution is 6.00. The van der Waals surface area contributed by atoms with Gasteiger partial charge in [0.2, 0.25) is 5.91 Å². The molecule has 1 aliphatic carbocycles. The van der Waals surface area contributed by atoms with Crippen molar-refractivity contribution in [1.82, 2.24) is 19.8 Å². The van der Waals surface area contributed by atoms with Gasteiger partial charge in [-0.1, -0.05) is 6.58 Å². The summed E-state index contributed by atoms with van der Waals surface area (Å²) in [6, 6.07) is 5.36. The zero-order chi connectivity index (χ0) is 35.9. The average molecular weight is 714 g/mol. The second-order valence-electron chi connectivity index (χ2n) is 14.3. The van der Waals surface area contributed by atoms with E-state index in [-0.39, 0.29) is 57.5 Å². The number of aromatic nitrogens is 2. The van der Waals surface area contributed by atoms with Crippen LogP contribution < -0.4 is 14.4 Å². The fourth-order valence-electron chi connectivity index (χ4n) is 7.69. The fourth-order valence-corrected chi connectivity index (χ4v) is 7.69. The first kappa shape index (κ1) is 35.2. The van der Waals surface area contributed by atoms with Gasteiger partial charge in [0, 0.05) is 74.9 Å². The maximum Gasteiger partial charge on any atom is 0.422 e. The van der Waals surface area contributed by atoms with Crippen LogP contribution in [-0.4, -0.2) is 109 Å². The molecule has 14 heteroatoms. The van der Waals surface area contributed by atoms with Gasteiger partial charge in [-0.2, -0.15) is 23.1 Å². The predicted octanol–water partition coefficient (Wildman–Crippen LogP) is 6.06. The third kappa shape index (κ3) is 7.57. The van der Waals surface area contributed by atoms with Crippen molar-refractivity contribution in [2.24, 2.45) is 5.41 Å². The first-order valence-electron chi connectivity index (χ1n) is 17.6. The molecule has 4 heterocycles. The van der Waals surface area contributed by atoms with Crippen LogP contribution in [0.4, 0.5) is 23.4 Å². The number of phenolic OH excluding ortho intramolecular Hbond substituents is 1. The molecule has 0 bridgehead atoms. The Hall–Kier alpha value is -4.17. The van der Waals surface area contributed by atoms with E-state index in [1.54, 1.807) is 12.0 Å². The molecule has 10 nitrogen and oxygen atoms in total. The first-order chi connectivity index (χ1) is 24.5. The smallest absolute Gasteiger partial charge is 0.422 e. The van der Waals surface area contributed by atoms with Crippen molar-refractivity contribution in [2.75, 3.05) is 71.0 Å². The third-order valence-electron chi connectivity index (χ3n) is 10.6. The van der Waals surface area contributed by atoms with Crippen molar-refractivity contribution < 1.29 is 41.7 Å². The van der Waals surface area contributed by atoms with Crippen molar-refractivity contribution in [2.45, 2.75) is 56.7 Å². The molecule has 1 saturated carbocycles. The maximum absolute atomic E-state index is 15.6. The van der Waals surface area contributed by atoms with E-state index >= 15 is 4.39 Å². The number of ether oxygens (including phenoxy) is 3. The molecule has 51 heavy (non-hydrogen) atoms. The number of alkyl halides is 3. The Bertz CT molecular complexity index is 1780. The number of anilines is 1. The van der Waals surface area contributed by atoms with E-state index < -0.39 is 18.6 Å². The molecule has 7 rings (SSSR count). The van der Waals surface area contributed by atoms with Crippen molar-refractivity contribution in [1.29, 1.82) is 0 Å². The number of halogens is 4. The molecular formula is C37H43F4N5O5. The van der Waals surface area contributed by atoms with Crippen LogP contribution in [0.15, 0.2) is 36.9 Å². The summed E-state index contributed by atoms with van der Waals surface area (Å²) in [5, 5.41) is 10.9. The van der Waals surface area contributed by atoms with E-state index in [0.29, 0.717) is 62.4 Å². The third-order valence-corrected chi connectivity index (χ3v) is 10.6. The number of aromatic hydroxyl groups is 1. The highest BCUT2D eigenvalue weighted by Crippen LogP contribution is 2.52. The van der Waals surface area contributed by atoms with Gasteiger partial charge in [0.05, 0.1) is 6.61 Å². The number of piperidine rings is 2. The minimum absolute atomic E-state index is 0.0119. The fraction of sp³-hybridized carbons (Fsp3) is 0.541. The summed E-state index contributed by atoms with van der Waals surface area (Å²) >= 11 is 0. The molecule has 1 amide bonds. The van der Waals surface area contributed by atoms with Gasteiger partial charge in [-0.15, -0.1) is 0 Å². The van der Waals surface area contributed by atoms with Crippen LogP contribution in [0.1, 0.15) is 50.0 Å². The lowest BCUT2D eigenvalue weighted by molar-refractivity contribution is -0.153. The van der Waals surface area contributed by atoms with Crippen LogP contribution in [-0.2, 0) is 9.53 Å². The monoisotopic (exact) mass is 713 g/mol. The van der Waals surface area contributed by atoms with Gasteiger partial charge < -0.3 is 34.0 Å². The number of carbonyl (C=O) groups excluding carboxylic acids is 1. The predicted molar refractivity (Wildman–Crippen MR) is 183 cm³/mol. The zero-order valence-corrected chi connectivity index (χ0v) is 28.7. The molecule has 0 radical (unpaired) electrons. The summed E-state index contributed by atoms with van der Waals surface area (Å²) in [6.45, 7) is 7.44. The molecule has 3 aliphatic heterocycles. The van der Waals surface area contributed by atoms with E-state index in [9.17, 15) is 23.1 Å². The van der Waals surface area contributed by atoms with Gasteiger partial charge >= 0.3 is 12.2 Å². The van der Waals surface area contributed by atoms with Gasteiger partial charge in [0.15, 0.2) is 12.4 Å². The second-order valence-corrected chi connectivity index (χ2v) is 14.3. The molecule has 3 aromatic rings. The van der Waals surface area contributed by atoms with E-state index in [1.165, 1.54) is 18.2 Å². The van der Waals surface area contributed by atoms with Crippen LogP contribution >= 0.6 is 0 Å². The Kier molecular flexibility index (Phi) is 9.74. The van der Waals surface area contributed by atoms with E-state index in [4.69, 9.17) is 24.2 Å². The lowest BCUT2D eigenvalue weighted by atomic mass is 9.72. The molecule has 1 aromatic heterocycles. The Morgan fingerprint density at radius 3 is 2.45 bits per heavy atom. The van der Waals surface area contributed by atoms with Gasteiger partial charge in [-0.3, -0.25) is 4.79 Å². The molecule has 1 N–H and O–H groups in total. The van der Waals surface area contributed by atoms with Crippen LogP contribution in [0.5, 0.6) is 17.5 Å². The number of methoxy groups -OCH3 is 1. The Morgan fingerprint density at radius 2 is 1.80 bits per heavy atom. The quantitative estimate of drug-likeness (QED) is 0.188. The van der Waals surface area contributed by atoms with Crippen LogP contribution in [0.25, 0.3) is 22.0 Å². The number of hydrogen-bond donors (Lipinski definition) is 1. The molecular weight excluding hydrogens is 670 g/mol. The lowest BCUT2D eigenvalue weighted by Gasteiger charge is -2.54. The molecule has 0 unspecified atom stereocenters. The van der Waals surface area contributed by atoms with Crippen LogP contribution in [0.2, 0.25) is 0 Å². The molecule has 4 aliphatic rings. The Balaban J connectivity index is 1.32. The maximum atomic E-state index is 15.6. The van der Waals surface area contributed by atoms with Crippen molar-refractivity contribution in [3.8, 4) is 28.6 Å². The summed E-state index contributed by atoms with van der Waals surface area (Å²) in [4.78, 5) is 28.0. The number of nitrogens with zero attached hydrogens (tertiary/aromatic N) is 5. The molecule has 274 valence electrons. The Labute approximate surface area is 294 Å². The van der Waals surface area contributed by atoms with E-state index in [0.717, 1.165) is 51.4 Å². The minimum atomic E-state index is -4.69. The number of phenols is 1. The normalized spacial score (nSPS) is 19.7. The van der Waals surface area contributed by atoms with Gasteiger partial charge in [0.1, 0.15) is 29.0 Å². The second kappa shape index (κ2) is 14.1. The van der Waals surface area contributed by atoms with Crippen molar-refractivity contribution in [3.05, 3.63) is 48.3 Å². The first-order valence-corrected chi connectivity index (χ1v) is 17.6. The molecule has 1 spiro atoms. The molecule has 0 atom stereocenters. The number of benzene rings is 2. The van der Waals surface area contributed by atoms with E-state index in [1.807, 2.05) is 6.07 Å². The number of rotatable bonds is 11. The standard InChI is InChI=1S/C37H43F4N5O5/c1-3-30(48)46-20-36(21-46)10-14-45(15-11-36)34-28-19-26(23-4-5-23)31(27-18-24(47)6-7-29(27)38)33(50-22-37(39,40)41)32(28)42-35(43-34)51-25-8-12-44(13-9-25)16-17-49-2/h3,6-7,18-19,23,25,47H,1,4-5,8-17,20-22H2,2H3. The highest BCUT2D eigenvalue weighted by atomic mass is 19.4. The largest absolute Gasteiger partial charge is 0.508 e. The highest BCUT2D eigenvalue weighted by Gasteiger charge is 2.46. The molecule has 4 fully saturated rings. The minimum Gasteiger partial charge on any atom is -0.508 e. The van der Waals surface area contributed by atoms with Crippen LogP contribution in [0, 0.1) is 11.2 Å². The van der Waals surface area contributed by atoms with Crippen molar-refractivity contribution >= 4 is 22.6 Å². The number of amides is 1. The topological polar surface area (TPSA) is 100 Å². The average Bonchev–Trinajstić information content (AvgIpc) is 3.95. The zero-order valence-electron chi connectivity index (χ0n) is 28.7. The summed E-state index contributed by atoms with van der Waals surface area (Å²) in [7, 11) is 1.66. The lowest BCUT2D eigenvalue weighted by Crippen LogP contribution is -2.61. The summed E-state index contributed by atoms with van der Waals surface area (Å²) in [6.07, 6.45) is 0.920. The van der Waals surface area contributed by atoms with Crippen LogP contribution in [0.3, 0.4) is 0 Å². The summed E-state index contributed by atoms with van der Waals surface area (Å²) in [5.41, 5.74) is 0.769. The summed E-state index contributed by atoms with van der Waals surface area (Å²) in [5.74, 6) is -0.769. The Morgan fingerprint density at radius 1 is 1.08 bits per heavy atom. The summed E-state index contributed by atoms with van der Waals surface area (Å²) < 4.78 is 74.3. The van der Waals surface area contributed by atoms with E-state index in [2.05, 4.69) is 16.4 Å². The van der Waals surface area contributed by atoms with Gasteiger partial charge in [-0.05, 0) is 80.3 Å². The number of carbonyl (C=O) groups is 1. The molecule has 2 aromatic carbocycles. The van der Waals surface area contributed by atoms with Crippen molar-refractivity contribution in [3.63, 3.8) is 0 Å². The number of likely N-dealkylation sites (tertiary alicyclic amines) is 2.